The van der Waals surface area contributed by atoms with Crippen molar-refractivity contribution >= 4 is 31.8 Å². The standard InChI is InChI=1S/C23H26N4O3S/c1-26-15-20(19-4-2-3-5-22(19)26)23(27-11-9-17(28)14-27)13-25-31(29,30)18-7-6-16-8-10-24-21(16)12-18/h2-8,10,12,15,17,23-25,28H,9,11,13-14H2,1H3/t17-,23?/m1/s1. The maximum absolute atomic E-state index is 13.1. The van der Waals surface area contributed by atoms with Crippen molar-refractivity contribution in [2.75, 3.05) is 19.6 Å². The second-order valence-electron chi connectivity index (χ2n) is 8.24. The number of aromatic amines is 1. The Morgan fingerprint density at radius 2 is 2.06 bits per heavy atom. The number of aliphatic hydroxyl groups is 1. The fourth-order valence-corrected chi connectivity index (χ4v) is 5.66. The molecular weight excluding hydrogens is 412 g/mol. The molecule has 0 spiro atoms. The molecule has 8 heteroatoms. The molecule has 2 atom stereocenters. The number of aryl methyl sites for hydroxylation is 1. The average molecular weight is 439 g/mol. The number of hydrogen-bond acceptors (Lipinski definition) is 4. The summed E-state index contributed by atoms with van der Waals surface area (Å²) >= 11 is 0. The van der Waals surface area contributed by atoms with Crippen LogP contribution in [0.15, 0.2) is 65.8 Å². The van der Waals surface area contributed by atoms with Gasteiger partial charge in [-0.25, -0.2) is 13.1 Å². The Morgan fingerprint density at radius 3 is 2.87 bits per heavy atom. The Kier molecular flexibility index (Phi) is 5.10. The number of para-hydroxylation sites is 1. The van der Waals surface area contributed by atoms with Crippen molar-refractivity contribution in [3.63, 3.8) is 0 Å². The van der Waals surface area contributed by atoms with E-state index in [0.717, 1.165) is 33.9 Å². The van der Waals surface area contributed by atoms with Gasteiger partial charge in [-0.15, -0.1) is 0 Å². The fraction of sp³-hybridized carbons (Fsp3) is 0.304. The highest BCUT2D eigenvalue weighted by atomic mass is 32.2. The van der Waals surface area contributed by atoms with E-state index in [4.69, 9.17) is 0 Å². The summed E-state index contributed by atoms with van der Waals surface area (Å²) in [5, 5.41) is 12.2. The lowest BCUT2D eigenvalue weighted by Crippen LogP contribution is -2.37. The zero-order chi connectivity index (χ0) is 21.6. The molecule has 3 heterocycles. The summed E-state index contributed by atoms with van der Waals surface area (Å²) < 4.78 is 31.1. The van der Waals surface area contributed by atoms with E-state index in [0.29, 0.717) is 13.0 Å². The minimum atomic E-state index is -3.69. The number of rotatable bonds is 6. The van der Waals surface area contributed by atoms with E-state index in [1.165, 1.54) is 0 Å². The average Bonchev–Trinajstić information content (AvgIpc) is 3.48. The Bertz CT molecular complexity index is 1340. The van der Waals surface area contributed by atoms with Crippen molar-refractivity contribution in [3.05, 3.63) is 66.5 Å². The third kappa shape index (κ3) is 3.76. The maximum Gasteiger partial charge on any atom is 0.240 e. The van der Waals surface area contributed by atoms with Gasteiger partial charge in [-0.3, -0.25) is 4.90 Å². The number of aromatic nitrogens is 2. The van der Waals surface area contributed by atoms with Crippen LogP contribution >= 0.6 is 0 Å². The normalized spacial score (nSPS) is 18.8. The molecule has 0 amide bonds. The van der Waals surface area contributed by atoms with Gasteiger partial charge in [-0.05, 0) is 41.6 Å². The van der Waals surface area contributed by atoms with E-state index in [9.17, 15) is 13.5 Å². The van der Waals surface area contributed by atoms with Crippen molar-refractivity contribution in [3.8, 4) is 0 Å². The van der Waals surface area contributed by atoms with Crippen LogP contribution < -0.4 is 4.72 Å². The summed E-state index contributed by atoms with van der Waals surface area (Å²) in [6.45, 7) is 1.49. The van der Waals surface area contributed by atoms with Crippen LogP contribution in [0.2, 0.25) is 0 Å². The van der Waals surface area contributed by atoms with E-state index in [1.54, 1.807) is 24.4 Å². The molecule has 4 aromatic rings. The Hall–Kier alpha value is -2.65. The maximum atomic E-state index is 13.1. The molecule has 1 fully saturated rings. The Labute approximate surface area is 181 Å². The first-order valence-corrected chi connectivity index (χ1v) is 11.9. The number of nitrogens with zero attached hydrogens (tertiary/aromatic N) is 2. The first kappa shape index (κ1) is 20.3. The molecule has 1 saturated heterocycles. The lowest BCUT2D eigenvalue weighted by atomic mass is 10.0. The van der Waals surface area contributed by atoms with Crippen LogP contribution in [0.1, 0.15) is 18.0 Å². The van der Waals surface area contributed by atoms with Gasteiger partial charge in [0.05, 0.1) is 17.0 Å². The smallest absolute Gasteiger partial charge is 0.240 e. The van der Waals surface area contributed by atoms with Crippen molar-refractivity contribution in [2.24, 2.45) is 7.05 Å². The molecule has 0 aliphatic carbocycles. The third-order valence-electron chi connectivity index (χ3n) is 6.23. The number of hydrogen-bond donors (Lipinski definition) is 3. The van der Waals surface area contributed by atoms with E-state index in [2.05, 4.69) is 37.5 Å². The summed E-state index contributed by atoms with van der Waals surface area (Å²) in [4.78, 5) is 5.47. The summed E-state index contributed by atoms with van der Waals surface area (Å²) in [7, 11) is -1.69. The first-order chi connectivity index (χ1) is 14.9. The van der Waals surface area contributed by atoms with Gasteiger partial charge in [-0.2, -0.15) is 0 Å². The van der Waals surface area contributed by atoms with Crippen LogP contribution in [-0.2, 0) is 17.1 Å². The minimum absolute atomic E-state index is 0.174. The molecule has 1 aliphatic heterocycles. The first-order valence-electron chi connectivity index (χ1n) is 10.5. The highest BCUT2D eigenvalue weighted by molar-refractivity contribution is 7.89. The van der Waals surface area contributed by atoms with E-state index < -0.39 is 10.0 Å². The highest BCUT2D eigenvalue weighted by Gasteiger charge is 2.31. The minimum Gasteiger partial charge on any atom is -0.392 e. The second kappa shape index (κ2) is 7.80. The molecule has 3 N–H and O–H groups in total. The van der Waals surface area contributed by atoms with Gasteiger partial charge in [0.1, 0.15) is 0 Å². The molecule has 5 rings (SSSR count). The van der Waals surface area contributed by atoms with E-state index in [-0.39, 0.29) is 23.6 Å². The van der Waals surface area contributed by atoms with Crippen molar-refractivity contribution in [1.29, 1.82) is 0 Å². The number of benzene rings is 2. The monoisotopic (exact) mass is 438 g/mol. The van der Waals surface area contributed by atoms with Gasteiger partial charge in [0.2, 0.25) is 10.0 Å². The molecule has 2 aromatic heterocycles. The summed E-state index contributed by atoms with van der Waals surface area (Å²) in [5.41, 5.74) is 2.95. The lowest BCUT2D eigenvalue weighted by molar-refractivity contribution is 0.160. The van der Waals surface area contributed by atoms with E-state index >= 15 is 0 Å². The molecule has 0 saturated carbocycles. The van der Waals surface area contributed by atoms with Crippen LogP contribution in [-0.4, -0.2) is 53.7 Å². The van der Waals surface area contributed by atoms with Crippen LogP contribution in [0.3, 0.4) is 0 Å². The largest absolute Gasteiger partial charge is 0.392 e. The van der Waals surface area contributed by atoms with Crippen molar-refractivity contribution in [1.82, 2.24) is 19.2 Å². The highest BCUT2D eigenvalue weighted by Crippen LogP contribution is 2.32. The Morgan fingerprint density at radius 1 is 1.23 bits per heavy atom. The number of nitrogens with one attached hydrogen (secondary N) is 2. The van der Waals surface area contributed by atoms with Crippen molar-refractivity contribution in [2.45, 2.75) is 23.5 Å². The number of H-pyrrole nitrogens is 1. The van der Waals surface area contributed by atoms with Crippen LogP contribution in [0, 0.1) is 0 Å². The number of fused-ring (bicyclic) bond motifs is 2. The number of aliphatic hydroxyl groups excluding tert-OH is 1. The summed E-state index contributed by atoms with van der Waals surface area (Å²) in [6, 6.07) is 15.0. The molecule has 0 radical (unpaired) electrons. The molecule has 2 aromatic carbocycles. The van der Waals surface area contributed by atoms with Gasteiger partial charge >= 0.3 is 0 Å². The second-order valence-corrected chi connectivity index (χ2v) is 10.0. The summed E-state index contributed by atoms with van der Waals surface area (Å²) in [6.07, 6.45) is 4.17. The molecular formula is C23H26N4O3S. The zero-order valence-corrected chi connectivity index (χ0v) is 18.1. The number of sulfonamides is 1. The molecule has 7 nitrogen and oxygen atoms in total. The Balaban J connectivity index is 1.47. The van der Waals surface area contributed by atoms with Crippen molar-refractivity contribution < 1.29 is 13.5 Å². The zero-order valence-electron chi connectivity index (χ0n) is 17.3. The molecule has 162 valence electrons. The summed E-state index contributed by atoms with van der Waals surface area (Å²) in [5.74, 6) is 0. The van der Waals surface area contributed by atoms with Crippen LogP contribution in [0.25, 0.3) is 21.8 Å². The number of β-amino-alcohol motifs (C(OH)–C–C–N with tert-alkyl or cyclic N) is 1. The fourth-order valence-electron chi connectivity index (χ4n) is 4.59. The predicted octanol–water partition coefficient (Wildman–Crippen LogP) is 2.75. The lowest BCUT2D eigenvalue weighted by Gasteiger charge is -2.28. The quantitative estimate of drug-likeness (QED) is 0.432. The van der Waals surface area contributed by atoms with Crippen LogP contribution in [0.5, 0.6) is 0 Å². The van der Waals surface area contributed by atoms with Gasteiger partial charge in [-0.1, -0.05) is 24.3 Å². The number of likely N-dealkylation sites (tertiary alicyclic amines) is 1. The molecule has 1 aliphatic rings. The van der Waals surface area contributed by atoms with Gasteiger partial charge in [0.15, 0.2) is 0 Å². The SMILES string of the molecule is Cn1cc(C(CNS(=O)(=O)c2ccc3cc[nH]c3c2)N2CC[C@@H](O)C2)c2ccccc21. The third-order valence-corrected chi connectivity index (χ3v) is 7.65. The van der Waals surface area contributed by atoms with Crippen LogP contribution in [0.4, 0.5) is 0 Å². The predicted molar refractivity (Wildman–Crippen MR) is 121 cm³/mol. The van der Waals surface area contributed by atoms with Gasteiger partial charge < -0.3 is 14.7 Å². The topological polar surface area (TPSA) is 90.4 Å². The van der Waals surface area contributed by atoms with Gasteiger partial charge in [0, 0.05) is 55.5 Å². The molecule has 31 heavy (non-hydrogen) atoms. The van der Waals surface area contributed by atoms with Gasteiger partial charge in [0.25, 0.3) is 0 Å². The van der Waals surface area contributed by atoms with E-state index in [1.807, 2.05) is 25.2 Å². The molecule has 1 unspecified atom stereocenters. The molecule has 0 bridgehead atoms.